The van der Waals surface area contributed by atoms with E-state index in [9.17, 15) is 24.5 Å². The molecule has 250 valence electrons. The fraction of sp³-hybridized carbons (Fsp3) is 0.735. The summed E-state index contributed by atoms with van der Waals surface area (Å²) in [6.45, 7) is 4.37. The van der Waals surface area contributed by atoms with Crippen molar-refractivity contribution in [3.05, 3.63) is 34.4 Å². The van der Waals surface area contributed by atoms with Crippen LogP contribution < -0.4 is 15.4 Å². The standard InChI is InChI=1S/C34H57N3O7/c1-3-5-7-9-11-13-15-17-19-21-32(38)35-27-29(36-33(39)22-20-18-16-14-12-10-8-6-4-2)28-43-34(40)44-31-25-23-30(24-26-31)37(41)42/h23-26,29H,3-22,27-28H2,1-2H3,(H,35,38)(H,36,39). The summed E-state index contributed by atoms with van der Waals surface area (Å²) in [4.78, 5) is 47.6. The highest BCUT2D eigenvalue weighted by atomic mass is 16.7. The van der Waals surface area contributed by atoms with Gasteiger partial charge in [-0.3, -0.25) is 19.7 Å². The number of carbonyl (C=O) groups excluding carboxylic acids is 3. The Labute approximate surface area is 264 Å². The van der Waals surface area contributed by atoms with Crippen LogP contribution >= 0.6 is 0 Å². The van der Waals surface area contributed by atoms with Gasteiger partial charge in [-0.05, 0) is 25.0 Å². The number of nitro groups is 1. The van der Waals surface area contributed by atoms with Gasteiger partial charge in [0.25, 0.3) is 5.69 Å². The van der Waals surface area contributed by atoms with Gasteiger partial charge in [0, 0.05) is 31.5 Å². The predicted molar refractivity (Wildman–Crippen MR) is 174 cm³/mol. The van der Waals surface area contributed by atoms with Crippen LogP contribution in [0.1, 0.15) is 142 Å². The zero-order valence-corrected chi connectivity index (χ0v) is 27.2. The quantitative estimate of drug-likeness (QED) is 0.0331. The third-order valence-corrected chi connectivity index (χ3v) is 7.58. The van der Waals surface area contributed by atoms with Gasteiger partial charge in [-0.15, -0.1) is 0 Å². The average Bonchev–Trinajstić information content (AvgIpc) is 3.01. The Kier molecular flexibility index (Phi) is 23.2. The highest BCUT2D eigenvalue weighted by molar-refractivity contribution is 5.77. The largest absolute Gasteiger partial charge is 0.513 e. The molecular formula is C34H57N3O7. The summed E-state index contributed by atoms with van der Waals surface area (Å²) in [5.74, 6) is -0.154. The molecule has 0 saturated heterocycles. The van der Waals surface area contributed by atoms with E-state index in [4.69, 9.17) is 9.47 Å². The van der Waals surface area contributed by atoms with E-state index in [1.165, 1.54) is 101 Å². The number of unbranched alkanes of at least 4 members (excludes halogenated alkanes) is 16. The molecule has 1 aromatic carbocycles. The number of carbonyl (C=O) groups is 3. The normalized spacial score (nSPS) is 11.5. The number of benzene rings is 1. The first-order chi connectivity index (χ1) is 21.3. The van der Waals surface area contributed by atoms with Crippen LogP contribution in [0.3, 0.4) is 0 Å². The van der Waals surface area contributed by atoms with E-state index in [1.54, 1.807) is 0 Å². The molecule has 1 unspecified atom stereocenters. The Morgan fingerprint density at radius 2 is 1.16 bits per heavy atom. The molecule has 1 atom stereocenters. The number of nitrogens with one attached hydrogen (secondary N) is 2. The zero-order valence-electron chi connectivity index (χ0n) is 27.2. The molecule has 0 aliphatic carbocycles. The summed E-state index contributed by atoms with van der Waals surface area (Å²) in [5, 5.41) is 16.6. The molecule has 2 amide bonds. The van der Waals surface area contributed by atoms with Gasteiger partial charge in [-0.1, -0.05) is 117 Å². The number of amides is 2. The van der Waals surface area contributed by atoms with Gasteiger partial charge in [0.15, 0.2) is 0 Å². The Morgan fingerprint density at radius 3 is 1.64 bits per heavy atom. The highest BCUT2D eigenvalue weighted by Crippen LogP contribution is 2.18. The van der Waals surface area contributed by atoms with Crippen molar-refractivity contribution >= 4 is 23.7 Å². The van der Waals surface area contributed by atoms with Crippen molar-refractivity contribution in [2.45, 2.75) is 148 Å². The number of hydrogen-bond acceptors (Lipinski definition) is 7. The lowest BCUT2D eigenvalue weighted by molar-refractivity contribution is -0.384. The molecule has 0 heterocycles. The maximum absolute atomic E-state index is 12.6. The number of nitrogens with zero attached hydrogens (tertiary/aromatic N) is 1. The van der Waals surface area contributed by atoms with E-state index in [2.05, 4.69) is 24.5 Å². The molecule has 0 bridgehead atoms. The van der Waals surface area contributed by atoms with E-state index >= 15 is 0 Å². The maximum atomic E-state index is 12.6. The Hall–Kier alpha value is -3.17. The van der Waals surface area contributed by atoms with Crippen LogP contribution in [0, 0.1) is 10.1 Å². The van der Waals surface area contributed by atoms with Gasteiger partial charge < -0.3 is 20.1 Å². The van der Waals surface area contributed by atoms with Crippen molar-refractivity contribution in [2.75, 3.05) is 13.2 Å². The molecule has 1 rings (SSSR count). The zero-order chi connectivity index (χ0) is 32.3. The first-order valence-corrected chi connectivity index (χ1v) is 17.0. The molecule has 44 heavy (non-hydrogen) atoms. The van der Waals surface area contributed by atoms with Gasteiger partial charge >= 0.3 is 6.16 Å². The van der Waals surface area contributed by atoms with Crippen LogP contribution in [0.2, 0.25) is 0 Å². The van der Waals surface area contributed by atoms with Gasteiger partial charge in [-0.25, -0.2) is 4.79 Å². The number of nitro benzene ring substituents is 1. The summed E-state index contributed by atoms with van der Waals surface area (Å²) in [6, 6.07) is 4.44. The molecule has 10 heteroatoms. The molecule has 0 fully saturated rings. The van der Waals surface area contributed by atoms with Crippen molar-refractivity contribution in [1.82, 2.24) is 10.6 Å². The summed E-state index contributed by atoms with van der Waals surface area (Å²) >= 11 is 0. The van der Waals surface area contributed by atoms with Crippen molar-refractivity contribution < 1.29 is 28.8 Å². The molecular weight excluding hydrogens is 562 g/mol. The van der Waals surface area contributed by atoms with E-state index in [-0.39, 0.29) is 36.4 Å². The van der Waals surface area contributed by atoms with E-state index < -0.39 is 17.1 Å². The molecule has 0 aromatic heterocycles. The van der Waals surface area contributed by atoms with Crippen molar-refractivity contribution in [3.8, 4) is 5.75 Å². The second-order valence-electron chi connectivity index (χ2n) is 11.6. The molecule has 2 N–H and O–H groups in total. The van der Waals surface area contributed by atoms with Crippen LogP contribution in [-0.2, 0) is 14.3 Å². The van der Waals surface area contributed by atoms with E-state index in [1.807, 2.05) is 0 Å². The summed E-state index contributed by atoms with van der Waals surface area (Å²) < 4.78 is 10.3. The lowest BCUT2D eigenvalue weighted by atomic mass is 10.1. The number of hydrogen-bond donors (Lipinski definition) is 2. The van der Waals surface area contributed by atoms with Crippen molar-refractivity contribution in [1.29, 1.82) is 0 Å². The Morgan fingerprint density at radius 1 is 0.705 bits per heavy atom. The monoisotopic (exact) mass is 619 g/mol. The molecule has 0 aliphatic heterocycles. The minimum atomic E-state index is -1.00. The van der Waals surface area contributed by atoms with Gasteiger partial charge in [0.2, 0.25) is 11.8 Å². The topological polar surface area (TPSA) is 137 Å². The average molecular weight is 620 g/mol. The van der Waals surface area contributed by atoms with Gasteiger partial charge in [0.1, 0.15) is 12.4 Å². The smallest absolute Gasteiger partial charge is 0.432 e. The molecule has 0 spiro atoms. The second kappa shape index (κ2) is 26.3. The first kappa shape index (κ1) is 38.9. The molecule has 0 radical (unpaired) electrons. The third kappa shape index (κ3) is 21.5. The predicted octanol–water partition coefficient (Wildman–Crippen LogP) is 8.55. The molecule has 0 saturated carbocycles. The summed E-state index contributed by atoms with van der Waals surface area (Å²) in [6.07, 6.45) is 20.7. The van der Waals surface area contributed by atoms with Crippen LogP contribution in [0.4, 0.5) is 10.5 Å². The van der Waals surface area contributed by atoms with E-state index in [0.29, 0.717) is 12.8 Å². The minimum absolute atomic E-state index is 0.0976. The van der Waals surface area contributed by atoms with Gasteiger partial charge in [-0.2, -0.15) is 0 Å². The summed E-state index contributed by atoms with van der Waals surface area (Å²) in [7, 11) is 0. The third-order valence-electron chi connectivity index (χ3n) is 7.58. The fourth-order valence-electron chi connectivity index (χ4n) is 4.90. The maximum Gasteiger partial charge on any atom is 0.513 e. The fourth-order valence-corrected chi connectivity index (χ4v) is 4.90. The molecule has 1 aromatic rings. The second-order valence-corrected chi connectivity index (χ2v) is 11.6. The van der Waals surface area contributed by atoms with Crippen LogP contribution in [0.5, 0.6) is 5.75 Å². The summed E-state index contributed by atoms with van der Waals surface area (Å²) in [5.41, 5.74) is -0.126. The van der Waals surface area contributed by atoms with Crippen LogP contribution in [0.25, 0.3) is 0 Å². The molecule has 0 aliphatic rings. The number of rotatable bonds is 27. The Bertz CT molecular complexity index is 924. The number of non-ortho nitro benzene ring substituents is 1. The Balaban J connectivity index is 2.44. The van der Waals surface area contributed by atoms with Crippen molar-refractivity contribution in [3.63, 3.8) is 0 Å². The first-order valence-electron chi connectivity index (χ1n) is 17.0. The van der Waals surface area contributed by atoms with Crippen molar-refractivity contribution in [2.24, 2.45) is 0 Å². The van der Waals surface area contributed by atoms with Gasteiger partial charge in [0.05, 0.1) is 11.0 Å². The van der Waals surface area contributed by atoms with E-state index in [0.717, 1.165) is 38.5 Å². The lowest BCUT2D eigenvalue weighted by Gasteiger charge is -2.19. The minimum Gasteiger partial charge on any atom is -0.432 e. The lowest BCUT2D eigenvalue weighted by Crippen LogP contribution is -2.46. The SMILES string of the molecule is CCCCCCCCCCCC(=O)NCC(COC(=O)Oc1ccc([N+](=O)[O-])cc1)NC(=O)CCCCCCCCCCC. The van der Waals surface area contributed by atoms with Crippen LogP contribution in [0.15, 0.2) is 24.3 Å². The molecule has 10 nitrogen and oxygen atoms in total. The van der Waals surface area contributed by atoms with Crippen LogP contribution in [-0.4, -0.2) is 42.1 Å². The number of ether oxygens (including phenoxy) is 2. The highest BCUT2D eigenvalue weighted by Gasteiger charge is 2.17.